The maximum absolute atomic E-state index is 15.5. The summed E-state index contributed by atoms with van der Waals surface area (Å²) >= 11 is 0. The van der Waals surface area contributed by atoms with Gasteiger partial charge in [-0.3, -0.25) is 9.59 Å². The summed E-state index contributed by atoms with van der Waals surface area (Å²) in [7, 11) is 1.50. The molecule has 39 heavy (non-hydrogen) atoms. The van der Waals surface area contributed by atoms with E-state index in [1.54, 1.807) is 19.1 Å². The van der Waals surface area contributed by atoms with E-state index in [1.807, 2.05) is 6.92 Å². The minimum absolute atomic E-state index is 0.0354. The van der Waals surface area contributed by atoms with Gasteiger partial charge in [-0.25, -0.2) is 14.4 Å². The van der Waals surface area contributed by atoms with Gasteiger partial charge in [-0.2, -0.15) is 0 Å². The smallest absolute Gasteiger partial charge is 0.255 e. The van der Waals surface area contributed by atoms with E-state index in [-0.39, 0.29) is 42.0 Å². The number of carbonyl (C=O) groups excluding carboxylic acids is 2. The molecule has 0 bridgehead atoms. The van der Waals surface area contributed by atoms with E-state index in [0.29, 0.717) is 51.8 Å². The van der Waals surface area contributed by atoms with Gasteiger partial charge in [0.05, 0.1) is 23.3 Å². The van der Waals surface area contributed by atoms with E-state index < -0.39 is 5.82 Å². The average molecular weight is 538 g/mol. The van der Waals surface area contributed by atoms with E-state index in [4.69, 9.17) is 9.47 Å². The van der Waals surface area contributed by atoms with Gasteiger partial charge < -0.3 is 25.1 Å². The summed E-state index contributed by atoms with van der Waals surface area (Å²) in [6, 6.07) is 3.50. The molecule has 2 amide bonds. The number of aromatic amines is 1. The second-order valence-corrected chi connectivity index (χ2v) is 11.0. The van der Waals surface area contributed by atoms with Crippen LogP contribution in [0, 0.1) is 31.5 Å². The number of ether oxygens (including phenoxy) is 2. The zero-order valence-corrected chi connectivity index (χ0v) is 22.9. The third-order valence-corrected chi connectivity index (χ3v) is 7.83. The van der Waals surface area contributed by atoms with Crippen LogP contribution in [0.5, 0.6) is 5.75 Å². The van der Waals surface area contributed by atoms with Gasteiger partial charge in [0.1, 0.15) is 35.7 Å². The SMILES string of the molecule is COCC(=O)N[C@@H]1CC[C@@H](NC(=O)c2c(C)[nH]c3c(-c4c(OCC5CC5)ccc(C)c4F)ncnc23)C[C@H]1C. The Hall–Kier alpha value is -3.53. The minimum atomic E-state index is -0.398. The molecule has 3 atom stereocenters. The molecule has 1 aromatic carbocycles. The monoisotopic (exact) mass is 537 g/mol. The summed E-state index contributed by atoms with van der Waals surface area (Å²) in [6.07, 6.45) is 5.85. The van der Waals surface area contributed by atoms with Crippen molar-refractivity contribution in [2.24, 2.45) is 11.8 Å². The number of carbonyl (C=O) groups is 2. The van der Waals surface area contributed by atoms with Crippen LogP contribution in [-0.4, -0.2) is 59.2 Å². The number of nitrogens with one attached hydrogen (secondary N) is 3. The molecule has 3 aromatic rings. The highest BCUT2D eigenvalue weighted by Gasteiger charge is 2.31. The number of nitrogens with zero attached hydrogens (tertiary/aromatic N) is 2. The van der Waals surface area contributed by atoms with Gasteiger partial charge in [0.15, 0.2) is 0 Å². The molecule has 3 N–H and O–H groups in total. The summed E-state index contributed by atoms with van der Waals surface area (Å²) in [4.78, 5) is 37.5. The van der Waals surface area contributed by atoms with Crippen LogP contribution in [0.4, 0.5) is 4.39 Å². The quantitative estimate of drug-likeness (QED) is 0.376. The summed E-state index contributed by atoms with van der Waals surface area (Å²) in [6.45, 7) is 6.17. The van der Waals surface area contributed by atoms with Gasteiger partial charge in [-0.05, 0) is 69.4 Å². The average Bonchev–Trinajstić information content (AvgIpc) is 3.66. The molecule has 208 valence electrons. The highest BCUT2D eigenvalue weighted by atomic mass is 19.1. The van der Waals surface area contributed by atoms with Crippen LogP contribution in [0.15, 0.2) is 18.5 Å². The molecule has 2 aromatic heterocycles. The zero-order valence-electron chi connectivity index (χ0n) is 22.9. The molecule has 2 saturated carbocycles. The molecule has 0 spiro atoms. The number of methoxy groups -OCH3 is 1. The molecule has 5 rings (SSSR count). The first kappa shape index (κ1) is 27.1. The van der Waals surface area contributed by atoms with Crippen molar-refractivity contribution in [3.63, 3.8) is 0 Å². The number of H-pyrrole nitrogens is 1. The molecule has 2 heterocycles. The number of fused-ring (bicyclic) bond motifs is 1. The van der Waals surface area contributed by atoms with Gasteiger partial charge in [-0.1, -0.05) is 13.0 Å². The first-order valence-corrected chi connectivity index (χ1v) is 13.6. The molecule has 9 nitrogen and oxygen atoms in total. The van der Waals surface area contributed by atoms with E-state index >= 15 is 4.39 Å². The largest absolute Gasteiger partial charge is 0.492 e. The lowest BCUT2D eigenvalue weighted by atomic mass is 9.82. The Morgan fingerprint density at radius 1 is 1.13 bits per heavy atom. The summed E-state index contributed by atoms with van der Waals surface area (Å²) < 4.78 is 26.4. The van der Waals surface area contributed by atoms with Crippen LogP contribution in [0.25, 0.3) is 22.3 Å². The Labute approximate surface area is 227 Å². The van der Waals surface area contributed by atoms with E-state index in [2.05, 4.69) is 32.5 Å². The Morgan fingerprint density at radius 3 is 2.64 bits per heavy atom. The molecule has 10 heteroatoms. The first-order chi connectivity index (χ1) is 18.8. The summed E-state index contributed by atoms with van der Waals surface area (Å²) in [5, 5.41) is 6.18. The molecule has 2 aliphatic rings. The molecule has 2 fully saturated rings. The van der Waals surface area contributed by atoms with Crippen LogP contribution < -0.4 is 15.4 Å². The molecule has 0 aliphatic heterocycles. The Balaban J connectivity index is 1.38. The standard InChI is InChI=1S/C29H36FN5O4/c1-15-5-10-21(39-12-18-6-7-18)24(25(15)30)27-28-26(31-14-32-27)23(17(3)33-28)29(37)34-19-8-9-20(16(2)11-19)35-22(36)13-38-4/h5,10,14,16,18-20,33H,6-9,11-13H2,1-4H3,(H,34,37)(H,35,36)/t16-,19-,20-/m1/s1. The maximum Gasteiger partial charge on any atom is 0.255 e. The number of halogens is 1. The Morgan fingerprint density at radius 2 is 1.92 bits per heavy atom. The van der Waals surface area contributed by atoms with Gasteiger partial charge in [-0.15, -0.1) is 0 Å². The number of benzene rings is 1. The van der Waals surface area contributed by atoms with Gasteiger partial charge >= 0.3 is 0 Å². The number of aromatic nitrogens is 3. The predicted molar refractivity (Wildman–Crippen MR) is 145 cm³/mol. The van der Waals surface area contributed by atoms with Crippen molar-refractivity contribution in [1.82, 2.24) is 25.6 Å². The van der Waals surface area contributed by atoms with Crippen molar-refractivity contribution in [2.45, 2.75) is 65.0 Å². The van der Waals surface area contributed by atoms with E-state index in [9.17, 15) is 9.59 Å². The number of amides is 2. The van der Waals surface area contributed by atoms with Crippen LogP contribution in [0.1, 0.15) is 60.6 Å². The fourth-order valence-electron chi connectivity index (χ4n) is 5.46. The predicted octanol–water partition coefficient (Wildman–Crippen LogP) is 4.22. The van der Waals surface area contributed by atoms with E-state index in [1.165, 1.54) is 13.4 Å². The van der Waals surface area contributed by atoms with Crippen LogP contribution in [-0.2, 0) is 9.53 Å². The van der Waals surface area contributed by atoms with Crippen molar-refractivity contribution in [3.8, 4) is 17.0 Å². The lowest BCUT2D eigenvalue weighted by molar-refractivity contribution is -0.126. The van der Waals surface area contributed by atoms with Crippen LogP contribution in [0.2, 0.25) is 0 Å². The third-order valence-electron chi connectivity index (χ3n) is 7.83. The van der Waals surface area contributed by atoms with Gasteiger partial charge in [0.25, 0.3) is 5.91 Å². The Bertz CT molecular complexity index is 1390. The highest BCUT2D eigenvalue weighted by molar-refractivity contribution is 6.09. The molecule has 0 saturated heterocycles. The first-order valence-electron chi connectivity index (χ1n) is 13.6. The lowest BCUT2D eigenvalue weighted by Gasteiger charge is -2.35. The van der Waals surface area contributed by atoms with E-state index in [0.717, 1.165) is 32.1 Å². The summed E-state index contributed by atoms with van der Waals surface area (Å²) in [5.74, 6) is 0.373. The number of hydrogen-bond donors (Lipinski definition) is 3. The second kappa shape index (κ2) is 11.3. The lowest BCUT2D eigenvalue weighted by Crippen LogP contribution is -2.48. The molecular weight excluding hydrogens is 501 g/mol. The molecule has 0 radical (unpaired) electrons. The number of rotatable bonds is 9. The fourth-order valence-corrected chi connectivity index (χ4v) is 5.46. The van der Waals surface area contributed by atoms with Crippen molar-refractivity contribution in [2.75, 3.05) is 20.3 Å². The van der Waals surface area contributed by atoms with Crippen molar-refractivity contribution in [1.29, 1.82) is 0 Å². The van der Waals surface area contributed by atoms with Gasteiger partial charge in [0.2, 0.25) is 5.91 Å². The highest BCUT2D eigenvalue weighted by Crippen LogP contribution is 2.39. The molecule has 0 unspecified atom stereocenters. The maximum atomic E-state index is 15.5. The second-order valence-electron chi connectivity index (χ2n) is 11.0. The Kier molecular flexibility index (Phi) is 7.83. The van der Waals surface area contributed by atoms with Crippen molar-refractivity contribution in [3.05, 3.63) is 41.1 Å². The van der Waals surface area contributed by atoms with Crippen molar-refractivity contribution >= 4 is 22.8 Å². The number of hydrogen-bond acceptors (Lipinski definition) is 6. The van der Waals surface area contributed by atoms with Crippen molar-refractivity contribution < 1.29 is 23.5 Å². The number of aryl methyl sites for hydroxylation is 2. The zero-order chi connectivity index (χ0) is 27.7. The molecular formula is C29H36FN5O4. The van der Waals surface area contributed by atoms with Gasteiger partial charge in [0, 0.05) is 24.9 Å². The normalized spacial score (nSPS) is 21.1. The fraction of sp³-hybridized carbons (Fsp3) is 0.517. The van der Waals surface area contributed by atoms with Crippen LogP contribution >= 0.6 is 0 Å². The minimum Gasteiger partial charge on any atom is -0.492 e. The third kappa shape index (κ3) is 5.75. The topological polar surface area (TPSA) is 118 Å². The summed E-state index contributed by atoms with van der Waals surface area (Å²) in [5.41, 5.74) is 3.13. The molecule has 2 aliphatic carbocycles. The van der Waals surface area contributed by atoms with Crippen LogP contribution in [0.3, 0.4) is 0 Å².